The molecule has 1 aromatic carbocycles. The first-order chi connectivity index (χ1) is 11.0. The van der Waals surface area contributed by atoms with E-state index in [2.05, 4.69) is 10.3 Å². The van der Waals surface area contributed by atoms with E-state index >= 15 is 0 Å². The van der Waals surface area contributed by atoms with Crippen molar-refractivity contribution in [1.29, 1.82) is 0 Å². The number of aromatic nitrogens is 1. The van der Waals surface area contributed by atoms with Gasteiger partial charge in [-0.1, -0.05) is 0 Å². The lowest BCUT2D eigenvalue weighted by Crippen LogP contribution is -2.36. The molecule has 0 aliphatic carbocycles. The maximum absolute atomic E-state index is 13.1. The molecule has 1 N–H and O–H groups in total. The van der Waals surface area contributed by atoms with Crippen LogP contribution in [0.25, 0.3) is 0 Å². The Morgan fingerprint density at radius 3 is 2.43 bits per heavy atom. The Bertz CT molecular complexity index is 708. The van der Waals surface area contributed by atoms with Crippen molar-refractivity contribution in [3.63, 3.8) is 0 Å². The maximum Gasteiger partial charge on any atom is 0.244 e. The van der Waals surface area contributed by atoms with Gasteiger partial charge in [0.2, 0.25) is 11.8 Å². The Balaban J connectivity index is 2.00. The number of benzene rings is 1. The van der Waals surface area contributed by atoms with Crippen LogP contribution in [0.4, 0.5) is 14.5 Å². The predicted molar refractivity (Wildman–Crippen MR) is 80.3 cm³/mol. The summed E-state index contributed by atoms with van der Waals surface area (Å²) in [5.41, 5.74) is 0.956. The van der Waals surface area contributed by atoms with Crippen LogP contribution in [0.15, 0.2) is 42.7 Å². The van der Waals surface area contributed by atoms with Crippen LogP contribution in [0.5, 0.6) is 0 Å². The van der Waals surface area contributed by atoms with Crippen molar-refractivity contribution >= 4 is 17.5 Å². The number of hydrogen-bond donors (Lipinski definition) is 1. The minimum atomic E-state index is -1.05. The zero-order valence-electron chi connectivity index (χ0n) is 12.4. The van der Waals surface area contributed by atoms with Gasteiger partial charge in [-0.25, -0.2) is 8.78 Å². The van der Waals surface area contributed by atoms with Crippen molar-refractivity contribution < 1.29 is 18.4 Å². The minimum absolute atomic E-state index is 0.126. The van der Waals surface area contributed by atoms with Gasteiger partial charge in [0, 0.05) is 37.6 Å². The standard InChI is InChI=1S/C16H15F2N3O2/c1-11(22)21(9-12-4-6-19-7-5-12)10-16(23)20-13-2-3-14(17)15(18)8-13/h2-8H,9-10H2,1H3,(H,20,23). The number of pyridine rings is 1. The van der Waals surface area contributed by atoms with Crippen molar-refractivity contribution in [1.82, 2.24) is 9.88 Å². The average molecular weight is 319 g/mol. The molecule has 0 saturated heterocycles. The molecule has 0 saturated carbocycles. The maximum atomic E-state index is 13.1. The highest BCUT2D eigenvalue weighted by Crippen LogP contribution is 2.13. The number of rotatable bonds is 5. The van der Waals surface area contributed by atoms with E-state index in [0.29, 0.717) is 0 Å². The zero-order chi connectivity index (χ0) is 16.8. The molecule has 0 aliphatic heterocycles. The van der Waals surface area contributed by atoms with Crippen molar-refractivity contribution in [2.75, 3.05) is 11.9 Å². The van der Waals surface area contributed by atoms with Gasteiger partial charge >= 0.3 is 0 Å². The van der Waals surface area contributed by atoms with Crippen LogP contribution in [0.2, 0.25) is 0 Å². The highest BCUT2D eigenvalue weighted by Gasteiger charge is 2.15. The first kappa shape index (κ1) is 16.5. The van der Waals surface area contributed by atoms with Crippen molar-refractivity contribution in [2.24, 2.45) is 0 Å². The second-order valence-corrected chi connectivity index (χ2v) is 4.91. The highest BCUT2D eigenvalue weighted by molar-refractivity contribution is 5.94. The van der Waals surface area contributed by atoms with E-state index in [-0.39, 0.29) is 24.7 Å². The van der Waals surface area contributed by atoms with Gasteiger partial charge in [-0.2, -0.15) is 0 Å². The smallest absolute Gasteiger partial charge is 0.244 e. The SMILES string of the molecule is CC(=O)N(CC(=O)Nc1ccc(F)c(F)c1)Cc1ccncc1. The van der Waals surface area contributed by atoms with E-state index in [9.17, 15) is 18.4 Å². The third-order valence-electron chi connectivity index (χ3n) is 3.11. The predicted octanol–water partition coefficient (Wildman–Crippen LogP) is 2.35. The Morgan fingerprint density at radius 2 is 1.83 bits per heavy atom. The second-order valence-electron chi connectivity index (χ2n) is 4.91. The Hall–Kier alpha value is -2.83. The number of halogens is 2. The van der Waals surface area contributed by atoms with Crippen LogP contribution < -0.4 is 5.32 Å². The summed E-state index contributed by atoms with van der Waals surface area (Å²) < 4.78 is 26.0. The van der Waals surface area contributed by atoms with Crippen LogP contribution >= 0.6 is 0 Å². The van der Waals surface area contributed by atoms with Crippen molar-refractivity contribution in [2.45, 2.75) is 13.5 Å². The third kappa shape index (κ3) is 4.84. The molecule has 0 bridgehead atoms. The van der Waals surface area contributed by atoms with E-state index in [1.54, 1.807) is 24.5 Å². The number of nitrogens with zero attached hydrogens (tertiary/aromatic N) is 2. The largest absolute Gasteiger partial charge is 0.329 e. The van der Waals surface area contributed by atoms with Crippen LogP contribution in [0, 0.1) is 11.6 Å². The fourth-order valence-corrected chi connectivity index (χ4v) is 1.93. The molecule has 23 heavy (non-hydrogen) atoms. The molecule has 1 aromatic heterocycles. The van der Waals surface area contributed by atoms with E-state index in [1.807, 2.05) is 0 Å². The second kappa shape index (κ2) is 7.44. The number of carbonyl (C=O) groups excluding carboxylic acids is 2. The molecule has 5 nitrogen and oxygen atoms in total. The summed E-state index contributed by atoms with van der Waals surface area (Å²) in [6.07, 6.45) is 3.18. The van der Waals surface area contributed by atoms with Gasteiger partial charge in [0.15, 0.2) is 11.6 Å². The molecule has 2 aromatic rings. The van der Waals surface area contributed by atoms with Crippen molar-refractivity contribution in [3.05, 3.63) is 59.9 Å². The number of carbonyl (C=O) groups is 2. The van der Waals surface area contributed by atoms with Gasteiger partial charge < -0.3 is 10.2 Å². The fourth-order valence-electron chi connectivity index (χ4n) is 1.93. The van der Waals surface area contributed by atoms with Gasteiger partial charge in [0.1, 0.15) is 6.54 Å². The van der Waals surface area contributed by atoms with E-state index < -0.39 is 17.5 Å². The summed E-state index contributed by atoms with van der Waals surface area (Å²) in [6, 6.07) is 6.53. The Morgan fingerprint density at radius 1 is 1.13 bits per heavy atom. The molecule has 120 valence electrons. The van der Waals surface area contributed by atoms with Crippen LogP contribution in [-0.4, -0.2) is 28.2 Å². The number of nitrogens with one attached hydrogen (secondary N) is 1. The first-order valence-corrected chi connectivity index (χ1v) is 6.85. The molecule has 0 fully saturated rings. The van der Waals surface area contributed by atoms with E-state index in [0.717, 1.165) is 17.7 Å². The molecule has 1 heterocycles. The first-order valence-electron chi connectivity index (χ1n) is 6.85. The van der Waals surface area contributed by atoms with Gasteiger partial charge in [0.25, 0.3) is 0 Å². The van der Waals surface area contributed by atoms with Crippen LogP contribution in [0.1, 0.15) is 12.5 Å². The normalized spacial score (nSPS) is 10.2. The molecule has 0 unspecified atom stereocenters. The molecular formula is C16H15F2N3O2. The molecule has 0 aliphatic rings. The summed E-state index contributed by atoms with van der Waals surface area (Å²) in [6.45, 7) is 1.41. The monoisotopic (exact) mass is 319 g/mol. The van der Waals surface area contributed by atoms with Gasteiger partial charge in [-0.15, -0.1) is 0 Å². The number of anilines is 1. The molecule has 2 rings (SSSR count). The topological polar surface area (TPSA) is 62.3 Å². The molecule has 2 amide bonds. The fraction of sp³-hybridized carbons (Fsp3) is 0.188. The van der Waals surface area contributed by atoms with Crippen LogP contribution in [0.3, 0.4) is 0 Å². The zero-order valence-corrected chi connectivity index (χ0v) is 12.4. The van der Waals surface area contributed by atoms with Gasteiger partial charge in [-0.3, -0.25) is 14.6 Å². The van der Waals surface area contributed by atoms with Gasteiger partial charge in [-0.05, 0) is 29.8 Å². The minimum Gasteiger partial charge on any atom is -0.329 e. The summed E-state index contributed by atoms with van der Waals surface area (Å²) in [5.74, 6) is -2.82. The van der Waals surface area contributed by atoms with Gasteiger partial charge in [0.05, 0.1) is 0 Å². The van der Waals surface area contributed by atoms with E-state index in [1.165, 1.54) is 17.9 Å². The van der Waals surface area contributed by atoms with Crippen LogP contribution in [-0.2, 0) is 16.1 Å². The molecule has 7 heteroatoms. The molecule has 0 radical (unpaired) electrons. The summed E-state index contributed by atoms with van der Waals surface area (Å²) in [5, 5.41) is 2.43. The lowest BCUT2D eigenvalue weighted by atomic mass is 10.2. The number of amides is 2. The Labute approximate surface area is 131 Å². The molecular weight excluding hydrogens is 304 g/mol. The summed E-state index contributed by atoms with van der Waals surface area (Å²) in [4.78, 5) is 28.9. The quantitative estimate of drug-likeness (QED) is 0.920. The average Bonchev–Trinajstić information content (AvgIpc) is 2.51. The third-order valence-corrected chi connectivity index (χ3v) is 3.11. The van der Waals surface area contributed by atoms with Crippen molar-refractivity contribution in [3.8, 4) is 0 Å². The molecule has 0 spiro atoms. The summed E-state index contributed by atoms with van der Waals surface area (Å²) in [7, 11) is 0. The van der Waals surface area contributed by atoms with E-state index in [4.69, 9.17) is 0 Å². The summed E-state index contributed by atoms with van der Waals surface area (Å²) >= 11 is 0. The highest BCUT2D eigenvalue weighted by atomic mass is 19.2. The lowest BCUT2D eigenvalue weighted by Gasteiger charge is -2.20. The molecule has 0 atom stereocenters. The number of hydrogen-bond acceptors (Lipinski definition) is 3. The lowest BCUT2D eigenvalue weighted by molar-refractivity contribution is -0.133. The Kier molecular flexibility index (Phi) is 5.35.